The van der Waals surface area contributed by atoms with Crippen LogP contribution in [0.2, 0.25) is 0 Å². The van der Waals surface area contributed by atoms with Crippen molar-refractivity contribution in [2.75, 3.05) is 20.8 Å². The number of hydrogen-bond donors (Lipinski definition) is 3. The molecule has 20 atom stereocenters. The maximum absolute atomic E-state index is 14.4. The first-order valence-electron chi connectivity index (χ1n) is 23.2. The molecule has 350 valence electrons. The highest BCUT2D eigenvalue weighted by Crippen LogP contribution is 2.48. The van der Waals surface area contributed by atoms with Crippen molar-refractivity contribution >= 4 is 5.97 Å². The Kier molecular flexibility index (Phi) is 15.3. The minimum absolute atomic E-state index is 0.00708. The summed E-state index contributed by atoms with van der Waals surface area (Å²) in [5, 5.41) is 34.2. The van der Waals surface area contributed by atoms with E-state index in [0.29, 0.717) is 61.5 Å². The van der Waals surface area contributed by atoms with Crippen molar-refractivity contribution in [3.05, 3.63) is 47.1 Å². The van der Waals surface area contributed by atoms with Gasteiger partial charge in [0.15, 0.2) is 18.4 Å². The molecule has 6 heterocycles. The molecule has 1 unspecified atom stereocenters. The number of carbonyl (C=O) groups excluding carboxylic acids is 1. The molecule has 0 radical (unpaired) electrons. The van der Waals surface area contributed by atoms with E-state index in [0.717, 1.165) is 18.4 Å². The summed E-state index contributed by atoms with van der Waals surface area (Å²) < 4.78 is 63.9. The summed E-state index contributed by atoms with van der Waals surface area (Å²) in [4.78, 5) is 14.4. The molecular formula is C48H74O14. The van der Waals surface area contributed by atoms with Gasteiger partial charge in [0.05, 0.1) is 49.3 Å². The van der Waals surface area contributed by atoms with Gasteiger partial charge in [0, 0.05) is 52.2 Å². The Morgan fingerprint density at radius 3 is 2.35 bits per heavy atom. The van der Waals surface area contributed by atoms with Gasteiger partial charge in [-0.15, -0.1) is 0 Å². The van der Waals surface area contributed by atoms with Crippen LogP contribution in [0.4, 0.5) is 0 Å². The van der Waals surface area contributed by atoms with Crippen LogP contribution in [0.25, 0.3) is 0 Å². The molecule has 62 heavy (non-hydrogen) atoms. The highest BCUT2D eigenvalue weighted by molar-refractivity contribution is 5.78. The van der Waals surface area contributed by atoms with E-state index < -0.39 is 90.8 Å². The lowest BCUT2D eigenvalue weighted by atomic mass is 9.71. The predicted molar refractivity (Wildman–Crippen MR) is 227 cm³/mol. The van der Waals surface area contributed by atoms with Gasteiger partial charge in [-0.2, -0.15) is 0 Å². The summed E-state index contributed by atoms with van der Waals surface area (Å²) >= 11 is 0. The Morgan fingerprint density at radius 1 is 0.919 bits per heavy atom. The molecule has 3 N–H and O–H groups in total. The van der Waals surface area contributed by atoms with E-state index in [9.17, 15) is 20.1 Å². The molecule has 5 saturated heterocycles. The zero-order valence-electron chi connectivity index (χ0n) is 38.5. The van der Waals surface area contributed by atoms with Crippen LogP contribution in [-0.4, -0.2) is 139 Å². The first kappa shape index (κ1) is 47.9. The third-order valence-corrected chi connectivity index (χ3v) is 14.9. The fraction of sp³-hybridized carbons (Fsp3) is 0.812. The average Bonchev–Trinajstić information content (AvgIpc) is 3.58. The van der Waals surface area contributed by atoms with Gasteiger partial charge >= 0.3 is 5.97 Å². The second-order valence-electron chi connectivity index (χ2n) is 19.4. The summed E-state index contributed by atoms with van der Waals surface area (Å²) in [7, 11) is 3.23. The number of fused-ring (bicyclic) bond motifs is 2. The number of esters is 1. The monoisotopic (exact) mass is 875 g/mol. The van der Waals surface area contributed by atoms with Crippen molar-refractivity contribution in [2.45, 2.75) is 204 Å². The van der Waals surface area contributed by atoms with Crippen LogP contribution in [0.15, 0.2) is 47.1 Å². The lowest BCUT2D eigenvalue weighted by molar-refractivity contribution is -0.340. The van der Waals surface area contributed by atoms with Gasteiger partial charge in [0.25, 0.3) is 0 Å². The van der Waals surface area contributed by atoms with Gasteiger partial charge < -0.3 is 62.7 Å². The number of carbonyl (C=O) groups is 1. The molecule has 1 spiro atoms. The fourth-order valence-electron chi connectivity index (χ4n) is 11.0. The normalized spacial score (nSPS) is 47.2. The summed E-state index contributed by atoms with van der Waals surface area (Å²) in [6.07, 6.45) is 6.53. The number of rotatable bonds is 8. The quantitative estimate of drug-likeness (QED) is 0.204. The third kappa shape index (κ3) is 9.73. The van der Waals surface area contributed by atoms with Crippen molar-refractivity contribution in [3.63, 3.8) is 0 Å². The predicted octanol–water partition coefficient (Wildman–Crippen LogP) is 5.60. The summed E-state index contributed by atoms with van der Waals surface area (Å²) in [6.45, 7) is 16.3. The van der Waals surface area contributed by atoms with E-state index in [4.69, 9.17) is 47.4 Å². The molecule has 6 aliphatic heterocycles. The van der Waals surface area contributed by atoms with Gasteiger partial charge in [-0.25, -0.2) is 0 Å². The Morgan fingerprint density at radius 2 is 1.63 bits per heavy atom. The van der Waals surface area contributed by atoms with Crippen LogP contribution in [0.3, 0.4) is 0 Å². The zero-order valence-corrected chi connectivity index (χ0v) is 38.5. The molecule has 14 nitrogen and oxygen atoms in total. The van der Waals surface area contributed by atoms with Gasteiger partial charge in [-0.05, 0) is 69.1 Å². The smallest absolute Gasteiger partial charge is 0.316 e. The molecule has 0 aromatic heterocycles. The van der Waals surface area contributed by atoms with Crippen molar-refractivity contribution in [2.24, 2.45) is 23.7 Å². The molecule has 2 bridgehead atoms. The lowest BCUT2D eigenvalue weighted by Gasteiger charge is -2.51. The second-order valence-corrected chi connectivity index (χ2v) is 19.4. The van der Waals surface area contributed by atoms with E-state index in [1.54, 1.807) is 40.2 Å². The Balaban J connectivity index is 1.18. The largest absolute Gasteiger partial charge is 0.462 e. The maximum atomic E-state index is 14.4. The van der Waals surface area contributed by atoms with Gasteiger partial charge in [-0.3, -0.25) is 4.79 Å². The molecule has 7 rings (SSSR count). The topological polar surface area (TPSA) is 170 Å². The van der Waals surface area contributed by atoms with Crippen LogP contribution in [0.5, 0.6) is 0 Å². The summed E-state index contributed by atoms with van der Waals surface area (Å²) in [5.41, 5.74) is 0.188. The van der Waals surface area contributed by atoms with Gasteiger partial charge in [0.2, 0.25) is 0 Å². The SMILES string of the molecule is CC[C@H](C)[C@H]1O[C@]2(CC[C@@H]1C)C[C@@H]1C[C@@H](CC=C(C)C(O[C@H]3C[C@H](OC)[C@@H](O[C@H]4C[C@H](OC)[C@@H](O)[C@H](C)O4)[C@H](C)O3)[C@@H](C)C=CC=C3CO[C@@H]4[C@H](O)C(C)=C[C@@H](C(=O)O1)[C@]34O)O2. The van der Waals surface area contributed by atoms with E-state index in [1.807, 2.05) is 19.1 Å². The van der Waals surface area contributed by atoms with E-state index in [-0.39, 0.29) is 30.8 Å². The van der Waals surface area contributed by atoms with E-state index >= 15 is 0 Å². The van der Waals surface area contributed by atoms with E-state index in [2.05, 4.69) is 40.7 Å². The highest BCUT2D eigenvalue weighted by atomic mass is 16.7. The summed E-state index contributed by atoms with van der Waals surface area (Å²) in [6, 6.07) is 0. The van der Waals surface area contributed by atoms with Gasteiger partial charge in [0.1, 0.15) is 42.0 Å². The Bertz CT molecular complexity index is 1680. The fourth-order valence-corrected chi connectivity index (χ4v) is 11.0. The van der Waals surface area contributed by atoms with E-state index in [1.165, 1.54) is 0 Å². The first-order valence-corrected chi connectivity index (χ1v) is 23.2. The minimum Gasteiger partial charge on any atom is -0.462 e. The molecule has 14 heteroatoms. The minimum atomic E-state index is -1.82. The lowest BCUT2D eigenvalue weighted by Crippen LogP contribution is -2.58. The number of hydrogen-bond acceptors (Lipinski definition) is 14. The van der Waals surface area contributed by atoms with Gasteiger partial charge in [-0.1, -0.05) is 64.5 Å². The number of allylic oxidation sites excluding steroid dienone is 2. The van der Waals surface area contributed by atoms with Crippen molar-refractivity contribution in [3.8, 4) is 0 Å². The number of aliphatic hydroxyl groups excluding tert-OH is 2. The third-order valence-electron chi connectivity index (χ3n) is 14.9. The van der Waals surface area contributed by atoms with Crippen LogP contribution in [-0.2, 0) is 52.2 Å². The summed E-state index contributed by atoms with van der Waals surface area (Å²) in [5.74, 6) is -2.10. The molecule has 0 amide bonds. The molecular weight excluding hydrogens is 801 g/mol. The molecule has 0 aromatic carbocycles. The highest BCUT2D eigenvalue weighted by Gasteiger charge is 2.60. The number of methoxy groups -OCH3 is 2. The molecule has 0 aromatic rings. The molecule has 1 aliphatic carbocycles. The molecule has 7 aliphatic rings. The first-order chi connectivity index (χ1) is 29.5. The van der Waals surface area contributed by atoms with Crippen LogP contribution in [0.1, 0.15) is 107 Å². The average molecular weight is 875 g/mol. The van der Waals surface area contributed by atoms with Crippen molar-refractivity contribution in [1.29, 1.82) is 0 Å². The number of ether oxygens (including phenoxy) is 10. The zero-order chi connectivity index (χ0) is 44.7. The van der Waals surface area contributed by atoms with Crippen molar-refractivity contribution in [1.82, 2.24) is 0 Å². The second kappa shape index (κ2) is 19.8. The molecule has 0 saturated carbocycles. The Hall–Kier alpha value is -2.05. The van der Waals surface area contributed by atoms with Crippen LogP contribution < -0.4 is 0 Å². The standard InChI is InChI=1S/C48H74O14/c1-11-25(2)43-28(5)17-18-47(62-43)23-34-20-33(61-47)16-15-27(4)42(26(3)13-12-14-32-24-55-45-40(49)29(6)19-35(46(51)58-34)48(32,45)52)59-39-22-37(54-10)44(31(8)57-39)60-38-21-36(53-9)41(50)30(7)56-38/h12-15,19,25-26,28,30-31,33-45,49-50,52H,11,16-18,20-24H2,1-10H3/t25-,26-,28-,30-,31-,33+,34-,35-,36-,37-,38-,39-,40+,41-,42?,43+,44-,45+,47+,48+/m0/s1. The number of aliphatic hydroxyl groups is 3. The molecule has 5 fully saturated rings. The Labute approximate surface area is 368 Å². The van der Waals surface area contributed by atoms with Crippen LogP contribution in [0, 0.1) is 23.7 Å². The van der Waals surface area contributed by atoms with Crippen LogP contribution >= 0.6 is 0 Å². The maximum Gasteiger partial charge on any atom is 0.316 e. The van der Waals surface area contributed by atoms with Crippen molar-refractivity contribution < 1.29 is 67.5 Å².